The van der Waals surface area contributed by atoms with Crippen LogP contribution < -0.4 is 10.7 Å². The van der Waals surface area contributed by atoms with Gasteiger partial charge < -0.3 is 15.4 Å². The zero-order valence-corrected chi connectivity index (χ0v) is 13.4. The Kier molecular flexibility index (Phi) is 3.99. The molecule has 2 heterocycles. The molecule has 1 amide bonds. The van der Waals surface area contributed by atoms with Crippen LogP contribution in [0.25, 0.3) is 10.2 Å². The Morgan fingerprint density at radius 1 is 1.36 bits per heavy atom. The van der Waals surface area contributed by atoms with Crippen molar-refractivity contribution in [3.8, 4) is 5.75 Å². The molecule has 0 spiro atoms. The standard InChI is InChI=1S/C15H10F3N3O3S/c1-6-11-12(23)8(5-19-14(11)25-21-6)13(24)20-7-2-3-9(10(22)4-7)15(16,17)18/h2-5,22H,1H3,(H,19,23)(H,20,24). The Hall–Kier alpha value is -2.88. The van der Waals surface area contributed by atoms with Crippen LogP contribution in [0.2, 0.25) is 0 Å². The van der Waals surface area contributed by atoms with Gasteiger partial charge in [-0.05, 0) is 30.6 Å². The lowest BCUT2D eigenvalue weighted by molar-refractivity contribution is -0.138. The van der Waals surface area contributed by atoms with Crippen molar-refractivity contribution in [3.63, 3.8) is 0 Å². The van der Waals surface area contributed by atoms with E-state index in [-0.39, 0.29) is 16.6 Å². The molecule has 3 aromatic rings. The summed E-state index contributed by atoms with van der Waals surface area (Å²) in [5, 5.41) is 12.0. The van der Waals surface area contributed by atoms with E-state index in [9.17, 15) is 27.9 Å². The Morgan fingerprint density at radius 3 is 2.72 bits per heavy atom. The van der Waals surface area contributed by atoms with Gasteiger partial charge in [0.05, 0.1) is 16.6 Å². The average Bonchev–Trinajstić information content (AvgIpc) is 2.88. The van der Waals surface area contributed by atoms with E-state index in [2.05, 4.69) is 14.7 Å². The average molecular weight is 369 g/mol. The van der Waals surface area contributed by atoms with Gasteiger partial charge in [-0.1, -0.05) is 0 Å². The zero-order chi connectivity index (χ0) is 18.4. The molecule has 0 aliphatic rings. The first kappa shape index (κ1) is 17.0. The lowest BCUT2D eigenvalue weighted by Crippen LogP contribution is -2.22. The minimum Gasteiger partial charge on any atom is -0.507 e. The number of nitrogens with one attached hydrogen (secondary N) is 2. The number of fused-ring (bicyclic) bond motifs is 1. The van der Waals surface area contributed by atoms with Gasteiger partial charge in [0.1, 0.15) is 16.1 Å². The summed E-state index contributed by atoms with van der Waals surface area (Å²) in [7, 11) is 0. The topological polar surface area (TPSA) is 95.1 Å². The van der Waals surface area contributed by atoms with E-state index in [1.807, 2.05) is 0 Å². The fourth-order valence-electron chi connectivity index (χ4n) is 2.29. The van der Waals surface area contributed by atoms with Crippen molar-refractivity contribution < 1.29 is 23.1 Å². The van der Waals surface area contributed by atoms with E-state index in [1.165, 1.54) is 6.20 Å². The molecule has 0 saturated heterocycles. The Bertz CT molecular complexity index is 1040. The van der Waals surface area contributed by atoms with Crippen molar-refractivity contribution in [2.24, 2.45) is 0 Å². The quantitative estimate of drug-likeness (QED) is 0.646. The van der Waals surface area contributed by atoms with Crippen LogP contribution >= 0.6 is 11.5 Å². The van der Waals surface area contributed by atoms with Crippen molar-refractivity contribution in [2.45, 2.75) is 13.1 Å². The van der Waals surface area contributed by atoms with E-state index >= 15 is 0 Å². The van der Waals surface area contributed by atoms with E-state index in [1.54, 1.807) is 6.92 Å². The summed E-state index contributed by atoms with van der Waals surface area (Å²) < 4.78 is 41.9. The molecule has 2 aromatic heterocycles. The number of H-pyrrole nitrogens is 1. The third-order valence-corrected chi connectivity index (χ3v) is 4.36. The molecular weight excluding hydrogens is 359 g/mol. The maximum Gasteiger partial charge on any atom is 0.419 e. The maximum atomic E-state index is 12.6. The monoisotopic (exact) mass is 369 g/mol. The molecule has 0 aliphatic carbocycles. The SMILES string of the molecule is Cc1nsc2[nH]cc(C(=O)Nc3ccc(C(F)(F)F)c(O)c3)c(=O)c12. The van der Waals surface area contributed by atoms with E-state index in [4.69, 9.17) is 0 Å². The molecule has 0 atom stereocenters. The number of rotatable bonds is 2. The molecule has 0 saturated carbocycles. The number of aromatic nitrogens is 2. The molecule has 0 bridgehead atoms. The van der Waals surface area contributed by atoms with Crippen molar-refractivity contribution in [2.75, 3.05) is 5.32 Å². The first-order chi connectivity index (χ1) is 11.7. The number of amides is 1. The molecular formula is C15H10F3N3O3S. The predicted molar refractivity (Wildman–Crippen MR) is 86.0 cm³/mol. The number of carbonyl (C=O) groups excluding carboxylic acids is 1. The normalized spacial score (nSPS) is 11.7. The number of hydrogen-bond acceptors (Lipinski definition) is 5. The lowest BCUT2D eigenvalue weighted by Gasteiger charge is -2.11. The summed E-state index contributed by atoms with van der Waals surface area (Å²) in [5.74, 6) is -1.83. The fourth-order valence-corrected chi connectivity index (χ4v) is 3.05. The highest BCUT2D eigenvalue weighted by atomic mass is 32.1. The number of aryl methyl sites for hydroxylation is 1. The Morgan fingerprint density at radius 2 is 2.08 bits per heavy atom. The Labute approximate surface area is 142 Å². The Balaban J connectivity index is 1.93. The number of phenols is 1. The number of alkyl halides is 3. The molecule has 3 N–H and O–H groups in total. The number of nitrogens with zero attached hydrogens (tertiary/aromatic N) is 1. The molecule has 0 unspecified atom stereocenters. The number of pyridine rings is 1. The predicted octanol–water partition coefficient (Wildman–Crippen LogP) is 3.27. The third-order valence-electron chi connectivity index (χ3n) is 3.49. The number of carbonyl (C=O) groups is 1. The number of benzene rings is 1. The fraction of sp³-hybridized carbons (Fsp3) is 0.133. The second-order valence-corrected chi connectivity index (χ2v) is 5.96. The van der Waals surface area contributed by atoms with Gasteiger partial charge in [0.2, 0.25) is 5.43 Å². The van der Waals surface area contributed by atoms with Crippen LogP contribution in [0, 0.1) is 6.92 Å². The molecule has 0 radical (unpaired) electrons. The van der Waals surface area contributed by atoms with Gasteiger partial charge in [0.15, 0.2) is 0 Å². The van der Waals surface area contributed by atoms with Crippen LogP contribution in [-0.2, 0) is 6.18 Å². The number of hydrogen-bond donors (Lipinski definition) is 3. The molecule has 10 heteroatoms. The van der Waals surface area contributed by atoms with E-state index in [0.717, 1.165) is 23.7 Å². The smallest absolute Gasteiger partial charge is 0.419 e. The van der Waals surface area contributed by atoms with Crippen molar-refractivity contribution >= 4 is 33.3 Å². The van der Waals surface area contributed by atoms with Gasteiger partial charge in [0.25, 0.3) is 5.91 Å². The summed E-state index contributed by atoms with van der Waals surface area (Å²) in [6, 6.07) is 2.40. The maximum absolute atomic E-state index is 12.6. The summed E-state index contributed by atoms with van der Waals surface area (Å²) in [6.45, 7) is 1.63. The number of aromatic hydroxyl groups is 1. The summed E-state index contributed by atoms with van der Waals surface area (Å²) in [6.07, 6.45) is -3.50. The van der Waals surface area contributed by atoms with Crippen LogP contribution in [0.1, 0.15) is 21.6 Å². The van der Waals surface area contributed by atoms with Crippen LogP contribution in [-0.4, -0.2) is 20.4 Å². The molecule has 130 valence electrons. The number of anilines is 1. The highest BCUT2D eigenvalue weighted by Crippen LogP contribution is 2.36. The minimum absolute atomic E-state index is 0.0739. The molecule has 6 nitrogen and oxygen atoms in total. The zero-order valence-electron chi connectivity index (χ0n) is 12.6. The molecule has 3 rings (SSSR count). The van der Waals surface area contributed by atoms with Gasteiger partial charge in [-0.2, -0.15) is 17.5 Å². The van der Waals surface area contributed by atoms with Crippen LogP contribution in [0.4, 0.5) is 18.9 Å². The second-order valence-electron chi connectivity index (χ2n) is 5.19. The highest BCUT2D eigenvalue weighted by molar-refractivity contribution is 7.12. The summed E-state index contributed by atoms with van der Waals surface area (Å²) in [5.41, 5.74) is -1.56. The van der Waals surface area contributed by atoms with Crippen LogP contribution in [0.5, 0.6) is 5.75 Å². The third kappa shape index (κ3) is 3.07. The number of aromatic amines is 1. The second kappa shape index (κ2) is 5.88. The summed E-state index contributed by atoms with van der Waals surface area (Å²) >= 11 is 1.08. The minimum atomic E-state index is -4.71. The van der Waals surface area contributed by atoms with E-state index in [0.29, 0.717) is 16.6 Å². The van der Waals surface area contributed by atoms with Gasteiger partial charge in [-0.15, -0.1) is 0 Å². The number of phenolic OH excluding ortho intramolecular Hbond substituents is 1. The largest absolute Gasteiger partial charge is 0.507 e. The lowest BCUT2D eigenvalue weighted by atomic mass is 10.1. The highest BCUT2D eigenvalue weighted by Gasteiger charge is 2.33. The van der Waals surface area contributed by atoms with Crippen LogP contribution in [0.3, 0.4) is 0 Å². The molecule has 0 fully saturated rings. The van der Waals surface area contributed by atoms with E-state index < -0.39 is 28.8 Å². The van der Waals surface area contributed by atoms with Gasteiger partial charge in [-0.25, -0.2) is 0 Å². The van der Waals surface area contributed by atoms with Gasteiger partial charge >= 0.3 is 6.18 Å². The first-order valence-electron chi connectivity index (χ1n) is 6.87. The van der Waals surface area contributed by atoms with Crippen molar-refractivity contribution in [1.29, 1.82) is 0 Å². The van der Waals surface area contributed by atoms with Gasteiger partial charge in [0, 0.05) is 18.0 Å². The van der Waals surface area contributed by atoms with Gasteiger partial charge in [-0.3, -0.25) is 9.59 Å². The summed E-state index contributed by atoms with van der Waals surface area (Å²) in [4.78, 5) is 27.9. The molecule has 1 aromatic carbocycles. The molecule has 25 heavy (non-hydrogen) atoms. The van der Waals surface area contributed by atoms with Crippen molar-refractivity contribution in [3.05, 3.63) is 51.4 Å². The van der Waals surface area contributed by atoms with Crippen molar-refractivity contribution in [1.82, 2.24) is 9.36 Å². The first-order valence-corrected chi connectivity index (χ1v) is 7.65. The van der Waals surface area contributed by atoms with Crippen LogP contribution in [0.15, 0.2) is 29.2 Å². The number of halogens is 3. The molecule has 0 aliphatic heterocycles.